The summed E-state index contributed by atoms with van der Waals surface area (Å²) in [7, 11) is 0. The molecule has 4 bridgehead atoms. The smallest absolute Gasteiger partial charge is 0.144 e. The van der Waals surface area contributed by atoms with Crippen LogP contribution in [-0.2, 0) is 5.41 Å². The van der Waals surface area contributed by atoms with Crippen LogP contribution in [0.4, 0.5) is 11.4 Å². The highest BCUT2D eigenvalue weighted by molar-refractivity contribution is 5.74. The van der Waals surface area contributed by atoms with Crippen LogP contribution in [0.3, 0.4) is 0 Å². The van der Waals surface area contributed by atoms with E-state index in [2.05, 4.69) is 13.8 Å². The topological polar surface area (TPSA) is 92.5 Å². The summed E-state index contributed by atoms with van der Waals surface area (Å²) in [6.07, 6.45) is 6.93. The maximum Gasteiger partial charge on any atom is 0.144 e. The third-order valence-corrected chi connectivity index (χ3v) is 6.50. The number of benzene rings is 1. The monoisotopic (exact) mass is 302 g/mol. The summed E-state index contributed by atoms with van der Waals surface area (Å²) in [5.74, 6) is 0.773. The third-order valence-electron chi connectivity index (χ3n) is 6.50. The number of aromatic hydroxyl groups is 2. The highest BCUT2D eigenvalue weighted by Gasteiger charge is 2.61. The molecule has 120 valence electrons. The third kappa shape index (κ3) is 1.70. The lowest BCUT2D eigenvalue weighted by atomic mass is 9.39. The molecule has 4 aliphatic carbocycles. The number of nitrogen functional groups attached to an aromatic ring is 2. The molecule has 4 aliphatic rings. The summed E-state index contributed by atoms with van der Waals surface area (Å²) in [6.45, 7) is 4.76. The molecule has 1 aromatic carbocycles. The van der Waals surface area contributed by atoms with Crippen molar-refractivity contribution in [1.29, 1.82) is 0 Å². The Balaban J connectivity index is 1.93. The average Bonchev–Trinajstić information content (AvgIpc) is 2.31. The van der Waals surface area contributed by atoms with Crippen LogP contribution in [0.2, 0.25) is 0 Å². The molecular formula is C18H26N2O2. The Hall–Kier alpha value is -1.58. The number of phenolic OH excluding ortho intramolecular Hbond substituents is 2. The first-order valence-corrected chi connectivity index (χ1v) is 8.26. The Morgan fingerprint density at radius 3 is 2.14 bits per heavy atom. The molecule has 2 atom stereocenters. The Bertz CT molecular complexity index is 625. The lowest BCUT2D eigenvalue weighted by Gasteiger charge is -2.65. The zero-order valence-corrected chi connectivity index (χ0v) is 13.4. The van der Waals surface area contributed by atoms with E-state index in [0.717, 1.165) is 19.3 Å². The fraction of sp³-hybridized carbons (Fsp3) is 0.667. The summed E-state index contributed by atoms with van der Waals surface area (Å²) >= 11 is 0. The normalized spacial score (nSPS) is 42.7. The summed E-state index contributed by atoms with van der Waals surface area (Å²) < 4.78 is 0. The highest BCUT2D eigenvalue weighted by atomic mass is 16.3. The summed E-state index contributed by atoms with van der Waals surface area (Å²) in [4.78, 5) is 0. The summed E-state index contributed by atoms with van der Waals surface area (Å²) in [5.41, 5.74) is 13.9. The molecule has 0 aromatic heterocycles. The fourth-order valence-electron chi connectivity index (χ4n) is 6.96. The van der Waals surface area contributed by atoms with Crippen LogP contribution in [0, 0.1) is 16.7 Å². The van der Waals surface area contributed by atoms with E-state index in [1.807, 2.05) is 0 Å². The molecule has 22 heavy (non-hydrogen) atoms. The molecule has 2 unspecified atom stereocenters. The van der Waals surface area contributed by atoms with Crippen molar-refractivity contribution in [1.82, 2.24) is 0 Å². The molecule has 4 nitrogen and oxygen atoms in total. The lowest BCUT2D eigenvalue weighted by Crippen LogP contribution is -2.57. The largest absolute Gasteiger partial charge is 0.506 e. The minimum absolute atomic E-state index is 0.00338. The van der Waals surface area contributed by atoms with Crippen LogP contribution in [0.15, 0.2) is 6.07 Å². The number of phenols is 2. The van der Waals surface area contributed by atoms with E-state index in [1.54, 1.807) is 0 Å². The second-order valence-corrected chi connectivity index (χ2v) is 9.03. The van der Waals surface area contributed by atoms with E-state index >= 15 is 0 Å². The second-order valence-electron chi connectivity index (χ2n) is 9.03. The quantitative estimate of drug-likeness (QED) is 0.363. The number of anilines is 2. The van der Waals surface area contributed by atoms with Crippen molar-refractivity contribution in [2.24, 2.45) is 16.7 Å². The van der Waals surface area contributed by atoms with Gasteiger partial charge in [-0.25, -0.2) is 0 Å². The molecule has 0 saturated heterocycles. The van der Waals surface area contributed by atoms with Gasteiger partial charge < -0.3 is 21.7 Å². The van der Waals surface area contributed by atoms with Crippen molar-refractivity contribution in [2.45, 2.75) is 57.8 Å². The molecule has 0 heterocycles. The molecular weight excluding hydrogens is 276 g/mol. The number of hydrogen-bond acceptors (Lipinski definition) is 4. The molecule has 4 heteroatoms. The number of nitrogens with two attached hydrogens (primary N) is 2. The first kappa shape index (κ1) is 14.0. The highest BCUT2D eigenvalue weighted by Crippen LogP contribution is 2.71. The van der Waals surface area contributed by atoms with E-state index < -0.39 is 0 Å². The van der Waals surface area contributed by atoms with Crippen LogP contribution < -0.4 is 11.5 Å². The van der Waals surface area contributed by atoms with Gasteiger partial charge in [-0.3, -0.25) is 0 Å². The molecule has 0 radical (unpaired) electrons. The van der Waals surface area contributed by atoms with E-state index in [1.165, 1.54) is 25.3 Å². The molecule has 4 fully saturated rings. The van der Waals surface area contributed by atoms with E-state index in [4.69, 9.17) is 11.5 Å². The summed E-state index contributed by atoms with van der Waals surface area (Å²) in [6, 6.07) is 1.36. The van der Waals surface area contributed by atoms with Gasteiger partial charge in [0, 0.05) is 17.0 Å². The SMILES string of the molecule is CC12CC3CC(C)(C1)CC(c1c(N)c(O)cc(N)c1O)(C3)C2. The van der Waals surface area contributed by atoms with Gasteiger partial charge in [-0.05, 0) is 55.3 Å². The van der Waals surface area contributed by atoms with Crippen molar-refractivity contribution >= 4 is 11.4 Å². The lowest BCUT2D eigenvalue weighted by molar-refractivity contribution is -0.110. The predicted molar refractivity (Wildman–Crippen MR) is 87.7 cm³/mol. The summed E-state index contributed by atoms with van der Waals surface area (Å²) in [5, 5.41) is 20.7. The van der Waals surface area contributed by atoms with Crippen molar-refractivity contribution in [3.8, 4) is 11.5 Å². The van der Waals surface area contributed by atoms with Gasteiger partial charge in [-0.2, -0.15) is 0 Å². The fourth-order valence-corrected chi connectivity index (χ4v) is 6.96. The Morgan fingerprint density at radius 1 is 1.00 bits per heavy atom. The second kappa shape index (κ2) is 3.84. The first-order valence-electron chi connectivity index (χ1n) is 8.26. The molecule has 5 rings (SSSR count). The van der Waals surface area contributed by atoms with Gasteiger partial charge in [0.2, 0.25) is 0 Å². The van der Waals surface area contributed by atoms with Gasteiger partial charge in [0.15, 0.2) is 0 Å². The Morgan fingerprint density at radius 2 is 1.59 bits per heavy atom. The van der Waals surface area contributed by atoms with Gasteiger partial charge in [-0.15, -0.1) is 0 Å². The van der Waals surface area contributed by atoms with Crippen molar-refractivity contribution in [2.75, 3.05) is 11.5 Å². The molecule has 4 saturated carbocycles. The van der Waals surface area contributed by atoms with Gasteiger partial charge >= 0.3 is 0 Å². The maximum atomic E-state index is 10.6. The Kier molecular flexibility index (Phi) is 2.45. The maximum absolute atomic E-state index is 10.6. The molecule has 0 aliphatic heterocycles. The predicted octanol–water partition coefficient (Wildman–Crippen LogP) is 3.51. The Labute approximate surface area is 131 Å². The standard InChI is InChI=1S/C18H26N2O2/c1-16-4-10-5-17(2,7-16)9-18(6-10,8-16)13-14(20)12(21)3-11(19)15(13)22/h3,10,21-22H,4-9,19-20H2,1-2H3. The van der Waals surface area contributed by atoms with E-state index in [-0.39, 0.29) is 22.6 Å². The number of rotatable bonds is 1. The van der Waals surface area contributed by atoms with Gasteiger partial charge in [0.25, 0.3) is 0 Å². The van der Waals surface area contributed by atoms with Crippen LogP contribution >= 0.6 is 0 Å². The minimum Gasteiger partial charge on any atom is -0.506 e. The molecule has 0 amide bonds. The first-order chi connectivity index (χ1) is 10.2. The van der Waals surface area contributed by atoms with Gasteiger partial charge in [-0.1, -0.05) is 13.8 Å². The van der Waals surface area contributed by atoms with Crippen LogP contribution in [-0.4, -0.2) is 10.2 Å². The van der Waals surface area contributed by atoms with E-state index in [0.29, 0.717) is 28.0 Å². The zero-order chi connectivity index (χ0) is 15.9. The molecule has 6 N–H and O–H groups in total. The van der Waals surface area contributed by atoms with Crippen LogP contribution in [0.25, 0.3) is 0 Å². The molecule has 0 spiro atoms. The van der Waals surface area contributed by atoms with Gasteiger partial charge in [0.1, 0.15) is 11.5 Å². The van der Waals surface area contributed by atoms with Crippen molar-refractivity contribution in [3.63, 3.8) is 0 Å². The van der Waals surface area contributed by atoms with Gasteiger partial charge in [0.05, 0.1) is 11.4 Å². The molecule has 1 aromatic rings. The van der Waals surface area contributed by atoms with Crippen LogP contribution in [0.1, 0.15) is 57.9 Å². The van der Waals surface area contributed by atoms with Crippen molar-refractivity contribution in [3.05, 3.63) is 11.6 Å². The average molecular weight is 302 g/mol. The minimum atomic E-state index is -0.135. The van der Waals surface area contributed by atoms with Crippen LogP contribution in [0.5, 0.6) is 11.5 Å². The number of hydrogen-bond donors (Lipinski definition) is 4. The van der Waals surface area contributed by atoms with E-state index in [9.17, 15) is 10.2 Å². The zero-order valence-electron chi connectivity index (χ0n) is 13.4. The van der Waals surface area contributed by atoms with Crippen molar-refractivity contribution < 1.29 is 10.2 Å².